The number of nitrogens with zero attached hydrogens (tertiary/aromatic N) is 1. The van der Waals surface area contributed by atoms with Crippen LogP contribution >= 0.6 is 0 Å². The smallest absolute Gasteiger partial charge is 0.241 e. The monoisotopic (exact) mass is 291 g/mol. The quantitative estimate of drug-likeness (QED) is 0.788. The summed E-state index contributed by atoms with van der Waals surface area (Å²) in [6.07, 6.45) is 1.27. The van der Waals surface area contributed by atoms with Crippen LogP contribution < -0.4 is 15.8 Å². The van der Waals surface area contributed by atoms with E-state index in [1.807, 2.05) is 14.0 Å². The zero-order valence-electron chi connectivity index (χ0n) is 13.2. The summed E-state index contributed by atoms with van der Waals surface area (Å²) in [6.45, 7) is 5.14. The first-order valence-corrected chi connectivity index (χ1v) is 7.37. The third kappa shape index (κ3) is 3.88. The molecule has 0 bridgehead atoms. The number of likely N-dealkylation sites (N-methyl/N-ethyl adjacent to an activating group) is 1. The molecule has 0 radical (unpaired) electrons. The molecule has 1 fully saturated rings. The molecule has 5 nitrogen and oxygen atoms in total. The highest BCUT2D eigenvalue weighted by atomic mass is 16.5. The molecule has 0 aliphatic heterocycles. The number of amides is 1. The van der Waals surface area contributed by atoms with Gasteiger partial charge in [-0.2, -0.15) is 0 Å². The van der Waals surface area contributed by atoms with Crippen molar-refractivity contribution in [3.05, 3.63) is 18.2 Å². The molecule has 5 heteroatoms. The number of nitrogen functional groups attached to an aromatic ring is 1. The molecule has 0 spiro atoms. The second-order valence-corrected chi connectivity index (χ2v) is 6.04. The number of ether oxygens (including phenoxy) is 1. The van der Waals surface area contributed by atoms with E-state index in [1.165, 1.54) is 6.42 Å². The van der Waals surface area contributed by atoms with Crippen LogP contribution in [0.5, 0.6) is 5.75 Å². The Labute approximate surface area is 126 Å². The van der Waals surface area contributed by atoms with E-state index in [2.05, 4.69) is 17.1 Å². The lowest BCUT2D eigenvalue weighted by atomic mass is 10.2. The summed E-state index contributed by atoms with van der Waals surface area (Å²) in [5, 5.41) is 2.91. The van der Waals surface area contributed by atoms with Gasteiger partial charge >= 0.3 is 0 Å². The minimum atomic E-state index is -0.181. The van der Waals surface area contributed by atoms with Crippen molar-refractivity contribution in [2.45, 2.75) is 26.3 Å². The molecule has 2 rings (SSSR count). The number of hydrogen-bond donors (Lipinski definition) is 2. The summed E-state index contributed by atoms with van der Waals surface area (Å²) in [6, 6.07) is 5.04. The summed E-state index contributed by atoms with van der Waals surface area (Å²) in [5.41, 5.74) is 6.97. The van der Waals surface area contributed by atoms with Crippen molar-refractivity contribution < 1.29 is 9.53 Å². The Hall–Kier alpha value is -1.75. The van der Waals surface area contributed by atoms with Crippen molar-refractivity contribution in [3.8, 4) is 5.75 Å². The number of benzene rings is 1. The Bertz CT molecular complexity index is 518. The molecule has 3 N–H and O–H groups in total. The van der Waals surface area contributed by atoms with Crippen molar-refractivity contribution in [1.82, 2.24) is 4.90 Å². The minimum absolute atomic E-state index is 0.0334. The molecular formula is C16H25N3O2. The van der Waals surface area contributed by atoms with Crippen LogP contribution in [0.4, 0.5) is 11.4 Å². The maximum absolute atomic E-state index is 12.4. The molecule has 1 aliphatic carbocycles. The summed E-state index contributed by atoms with van der Waals surface area (Å²) in [7, 11) is 3.56. The van der Waals surface area contributed by atoms with E-state index < -0.39 is 0 Å². The third-order valence-electron chi connectivity index (χ3n) is 4.32. The number of rotatable bonds is 6. The lowest BCUT2D eigenvalue weighted by molar-refractivity contribution is -0.120. The van der Waals surface area contributed by atoms with Gasteiger partial charge in [0.15, 0.2) is 0 Å². The van der Waals surface area contributed by atoms with Crippen molar-refractivity contribution >= 4 is 17.3 Å². The molecule has 1 aliphatic rings. The van der Waals surface area contributed by atoms with Crippen molar-refractivity contribution in [2.24, 2.45) is 11.8 Å². The van der Waals surface area contributed by atoms with Gasteiger partial charge in [-0.05, 0) is 44.4 Å². The van der Waals surface area contributed by atoms with Crippen LogP contribution in [0.1, 0.15) is 20.3 Å². The number of carbonyl (C=O) groups excluding carboxylic acids is 1. The van der Waals surface area contributed by atoms with Crippen LogP contribution in [0.2, 0.25) is 0 Å². The van der Waals surface area contributed by atoms with Gasteiger partial charge in [0.25, 0.3) is 0 Å². The first kappa shape index (κ1) is 15.6. The predicted octanol–water partition coefficient (Wildman–Crippen LogP) is 2.19. The fraction of sp³-hybridized carbons (Fsp3) is 0.562. The van der Waals surface area contributed by atoms with Gasteiger partial charge in [0.2, 0.25) is 5.91 Å². The lowest BCUT2D eigenvalue weighted by Gasteiger charge is -2.24. The summed E-state index contributed by atoms with van der Waals surface area (Å²) < 4.78 is 5.25. The Kier molecular flexibility index (Phi) is 4.73. The van der Waals surface area contributed by atoms with E-state index in [-0.39, 0.29) is 11.9 Å². The van der Waals surface area contributed by atoms with E-state index in [0.29, 0.717) is 17.1 Å². The first-order valence-electron chi connectivity index (χ1n) is 7.37. The summed E-state index contributed by atoms with van der Waals surface area (Å²) in [5.74, 6) is 2.07. The van der Waals surface area contributed by atoms with Crippen LogP contribution in [0.3, 0.4) is 0 Å². The van der Waals surface area contributed by atoms with Gasteiger partial charge in [-0.1, -0.05) is 6.92 Å². The molecule has 116 valence electrons. The van der Waals surface area contributed by atoms with Crippen LogP contribution in [-0.4, -0.2) is 37.6 Å². The number of anilines is 2. The molecule has 3 atom stereocenters. The molecule has 21 heavy (non-hydrogen) atoms. The normalized spacial score (nSPS) is 22.0. The van der Waals surface area contributed by atoms with Crippen LogP contribution in [0.25, 0.3) is 0 Å². The molecule has 1 aromatic rings. The van der Waals surface area contributed by atoms with Gasteiger partial charge in [-0.3, -0.25) is 9.69 Å². The highest BCUT2D eigenvalue weighted by Gasteiger charge is 2.34. The summed E-state index contributed by atoms with van der Waals surface area (Å²) >= 11 is 0. The first-order chi connectivity index (χ1) is 9.92. The molecule has 0 heterocycles. The van der Waals surface area contributed by atoms with Gasteiger partial charge < -0.3 is 15.8 Å². The molecule has 1 amide bonds. The van der Waals surface area contributed by atoms with Gasteiger partial charge in [0, 0.05) is 18.3 Å². The maximum Gasteiger partial charge on any atom is 0.241 e. The largest absolute Gasteiger partial charge is 0.494 e. The van der Waals surface area contributed by atoms with Crippen LogP contribution in [-0.2, 0) is 4.79 Å². The van der Waals surface area contributed by atoms with Gasteiger partial charge in [-0.15, -0.1) is 0 Å². The Morgan fingerprint density at radius 2 is 2.24 bits per heavy atom. The van der Waals surface area contributed by atoms with Crippen molar-refractivity contribution in [2.75, 3.05) is 31.8 Å². The van der Waals surface area contributed by atoms with Crippen LogP contribution in [0.15, 0.2) is 18.2 Å². The summed E-state index contributed by atoms with van der Waals surface area (Å²) in [4.78, 5) is 14.5. The molecular weight excluding hydrogens is 266 g/mol. The minimum Gasteiger partial charge on any atom is -0.494 e. The van der Waals surface area contributed by atoms with Gasteiger partial charge in [-0.25, -0.2) is 0 Å². The van der Waals surface area contributed by atoms with Crippen LogP contribution in [0, 0.1) is 11.8 Å². The van der Waals surface area contributed by atoms with Crippen molar-refractivity contribution in [1.29, 1.82) is 0 Å². The average molecular weight is 291 g/mol. The Balaban J connectivity index is 1.96. The van der Waals surface area contributed by atoms with E-state index in [4.69, 9.17) is 10.5 Å². The second-order valence-electron chi connectivity index (χ2n) is 6.04. The average Bonchev–Trinajstić information content (AvgIpc) is 3.14. The van der Waals surface area contributed by atoms with E-state index in [1.54, 1.807) is 25.3 Å². The van der Waals surface area contributed by atoms with E-state index in [0.717, 1.165) is 18.4 Å². The number of hydrogen-bond acceptors (Lipinski definition) is 4. The second kappa shape index (κ2) is 6.35. The molecule has 1 aromatic carbocycles. The number of nitrogens with two attached hydrogens (primary N) is 1. The Morgan fingerprint density at radius 3 is 2.81 bits per heavy atom. The topological polar surface area (TPSA) is 67.6 Å². The number of carbonyl (C=O) groups is 1. The maximum atomic E-state index is 12.4. The molecule has 0 aromatic heterocycles. The van der Waals surface area contributed by atoms with Crippen molar-refractivity contribution in [3.63, 3.8) is 0 Å². The number of nitrogens with one attached hydrogen (secondary N) is 1. The SMILES string of the molecule is COc1cc(N)ccc1NC(=O)C(C)N(C)CC1CC1C. The lowest BCUT2D eigenvalue weighted by Crippen LogP contribution is -2.40. The number of methoxy groups -OCH3 is 1. The zero-order chi connectivity index (χ0) is 15.6. The predicted molar refractivity (Wildman–Crippen MR) is 85.4 cm³/mol. The molecule has 3 unspecified atom stereocenters. The Morgan fingerprint density at radius 1 is 1.57 bits per heavy atom. The highest BCUT2D eigenvalue weighted by molar-refractivity contribution is 5.96. The fourth-order valence-electron chi connectivity index (χ4n) is 2.43. The van der Waals surface area contributed by atoms with E-state index >= 15 is 0 Å². The van der Waals surface area contributed by atoms with Gasteiger partial charge in [0.1, 0.15) is 5.75 Å². The standard InChI is InChI=1S/C16H25N3O2/c1-10-7-12(10)9-19(3)11(2)16(20)18-14-6-5-13(17)8-15(14)21-4/h5-6,8,10-12H,7,9,17H2,1-4H3,(H,18,20). The zero-order valence-corrected chi connectivity index (χ0v) is 13.2. The van der Waals surface area contributed by atoms with E-state index in [9.17, 15) is 4.79 Å². The highest BCUT2D eigenvalue weighted by Crippen LogP contribution is 2.38. The molecule has 0 saturated heterocycles. The third-order valence-corrected chi connectivity index (χ3v) is 4.32. The fourth-order valence-corrected chi connectivity index (χ4v) is 2.43. The van der Waals surface area contributed by atoms with Gasteiger partial charge in [0.05, 0.1) is 18.8 Å². The molecule has 1 saturated carbocycles.